The largest absolute Gasteiger partial charge is 0.353 e. The molecule has 1 aliphatic carbocycles. The smallest absolute Gasteiger partial charge is 0.224 e. The average Bonchev–Trinajstić information content (AvgIpc) is 2.83. The van der Waals surface area contributed by atoms with E-state index in [-0.39, 0.29) is 6.04 Å². The van der Waals surface area contributed by atoms with Crippen molar-refractivity contribution in [2.75, 3.05) is 11.9 Å². The van der Waals surface area contributed by atoms with E-state index in [4.69, 9.17) is 5.73 Å². The first kappa shape index (κ1) is 9.15. The Hall–Kier alpha value is -1.10. The van der Waals surface area contributed by atoms with Crippen LogP contribution in [0.4, 0.5) is 5.95 Å². The van der Waals surface area contributed by atoms with Crippen LogP contribution in [0.25, 0.3) is 0 Å². The summed E-state index contributed by atoms with van der Waals surface area (Å²) in [4.78, 5) is 0. The van der Waals surface area contributed by atoms with Gasteiger partial charge in [-0.25, -0.2) is 0 Å². The highest BCUT2D eigenvalue weighted by molar-refractivity contribution is 5.30. The van der Waals surface area contributed by atoms with E-state index in [0.29, 0.717) is 5.92 Å². The second-order valence-electron chi connectivity index (χ2n) is 4.61. The molecule has 1 atom stereocenters. The van der Waals surface area contributed by atoms with E-state index in [2.05, 4.69) is 20.1 Å². The molecule has 15 heavy (non-hydrogen) atoms. The van der Waals surface area contributed by atoms with Crippen molar-refractivity contribution in [2.45, 2.75) is 44.2 Å². The number of nitrogens with zero attached hydrogens (tertiary/aromatic N) is 3. The third-order valence-electron chi connectivity index (χ3n) is 3.44. The SMILES string of the molecule is NC1CNc2nnc(C3CCCC3)n2C1. The molecular weight excluding hydrogens is 190 g/mol. The van der Waals surface area contributed by atoms with Gasteiger partial charge in [-0.3, -0.25) is 4.57 Å². The van der Waals surface area contributed by atoms with Crippen LogP contribution in [0.3, 0.4) is 0 Å². The predicted octanol–water partition coefficient (Wildman–Crippen LogP) is 0.688. The van der Waals surface area contributed by atoms with Crippen molar-refractivity contribution in [3.63, 3.8) is 0 Å². The zero-order valence-electron chi connectivity index (χ0n) is 8.82. The molecule has 0 aromatic carbocycles. The van der Waals surface area contributed by atoms with Crippen molar-refractivity contribution in [1.82, 2.24) is 14.8 Å². The highest BCUT2D eigenvalue weighted by Crippen LogP contribution is 2.34. The zero-order valence-corrected chi connectivity index (χ0v) is 8.82. The number of hydrogen-bond acceptors (Lipinski definition) is 4. The Morgan fingerprint density at radius 3 is 2.87 bits per heavy atom. The molecule has 2 heterocycles. The van der Waals surface area contributed by atoms with Gasteiger partial charge in [0.25, 0.3) is 0 Å². The molecule has 1 aromatic heterocycles. The summed E-state index contributed by atoms with van der Waals surface area (Å²) in [5.74, 6) is 2.65. The minimum Gasteiger partial charge on any atom is -0.353 e. The molecule has 5 nitrogen and oxygen atoms in total. The van der Waals surface area contributed by atoms with Gasteiger partial charge >= 0.3 is 0 Å². The molecule has 82 valence electrons. The van der Waals surface area contributed by atoms with Gasteiger partial charge in [0.2, 0.25) is 5.95 Å². The summed E-state index contributed by atoms with van der Waals surface area (Å²) in [6, 6.07) is 0.189. The Morgan fingerprint density at radius 2 is 2.07 bits per heavy atom. The van der Waals surface area contributed by atoms with Crippen molar-refractivity contribution < 1.29 is 0 Å². The van der Waals surface area contributed by atoms with Gasteiger partial charge in [0.05, 0.1) is 0 Å². The molecule has 0 saturated heterocycles. The summed E-state index contributed by atoms with van der Waals surface area (Å²) >= 11 is 0. The van der Waals surface area contributed by atoms with Gasteiger partial charge in [0.15, 0.2) is 0 Å². The summed E-state index contributed by atoms with van der Waals surface area (Å²) in [7, 11) is 0. The monoisotopic (exact) mass is 207 g/mol. The number of fused-ring (bicyclic) bond motifs is 1. The lowest BCUT2D eigenvalue weighted by Gasteiger charge is -2.23. The average molecular weight is 207 g/mol. The number of aromatic nitrogens is 3. The van der Waals surface area contributed by atoms with E-state index in [0.717, 1.165) is 24.9 Å². The lowest BCUT2D eigenvalue weighted by atomic mass is 10.1. The fraction of sp³-hybridized carbons (Fsp3) is 0.800. The Kier molecular flexibility index (Phi) is 2.12. The maximum atomic E-state index is 5.94. The van der Waals surface area contributed by atoms with Crippen molar-refractivity contribution in [2.24, 2.45) is 5.73 Å². The standard InChI is InChI=1S/C10H17N5/c11-8-5-12-10-14-13-9(15(10)6-8)7-3-1-2-4-7/h7-8H,1-6,11H2,(H,12,14). The molecule has 1 aliphatic heterocycles. The lowest BCUT2D eigenvalue weighted by molar-refractivity contribution is 0.504. The number of anilines is 1. The van der Waals surface area contributed by atoms with E-state index in [9.17, 15) is 0 Å². The Balaban J connectivity index is 1.92. The number of nitrogens with one attached hydrogen (secondary N) is 1. The number of hydrogen-bond donors (Lipinski definition) is 2. The molecule has 1 aromatic rings. The molecule has 0 amide bonds. The number of nitrogens with two attached hydrogens (primary N) is 1. The van der Waals surface area contributed by atoms with Crippen molar-refractivity contribution in [1.29, 1.82) is 0 Å². The minimum absolute atomic E-state index is 0.189. The predicted molar refractivity (Wildman–Crippen MR) is 57.7 cm³/mol. The molecular formula is C10H17N5. The molecule has 1 unspecified atom stereocenters. The van der Waals surface area contributed by atoms with Crippen LogP contribution in [0.2, 0.25) is 0 Å². The molecule has 1 saturated carbocycles. The van der Waals surface area contributed by atoms with Gasteiger partial charge in [0.1, 0.15) is 5.82 Å². The maximum absolute atomic E-state index is 5.94. The summed E-state index contributed by atoms with van der Waals surface area (Å²) in [6.45, 7) is 1.67. The Morgan fingerprint density at radius 1 is 1.27 bits per heavy atom. The van der Waals surface area contributed by atoms with Gasteiger partial charge in [-0.05, 0) is 12.8 Å². The first-order valence-electron chi connectivity index (χ1n) is 5.77. The summed E-state index contributed by atoms with van der Waals surface area (Å²) in [6.07, 6.45) is 5.17. The van der Waals surface area contributed by atoms with Gasteiger partial charge in [-0.15, -0.1) is 10.2 Å². The van der Waals surface area contributed by atoms with Crippen LogP contribution in [0.5, 0.6) is 0 Å². The topological polar surface area (TPSA) is 68.8 Å². The fourth-order valence-electron chi connectivity index (χ4n) is 2.63. The second kappa shape index (κ2) is 3.48. The van der Waals surface area contributed by atoms with E-state index in [1.807, 2.05) is 0 Å². The summed E-state index contributed by atoms with van der Waals surface area (Å²) in [5, 5.41) is 11.7. The van der Waals surface area contributed by atoms with Gasteiger partial charge < -0.3 is 11.1 Å². The molecule has 5 heteroatoms. The molecule has 1 fully saturated rings. The minimum atomic E-state index is 0.189. The van der Waals surface area contributed by atoms with Crippen LogP contribution in [-0.4, -0.2) is 27.4 Å². The quantitative estimate of drug-likeness (QED) is 0.711. The summed E-state index contributed by atoms with van der Waals surface area (Å²) < 4.78 is 2.17. The first-order valence-corrected chi connectivity index (χ1v) is 5.77. The van der Waals surface area contributed by atoms with E-state index >= 15 is 0 Å². The molecule has 2 aliphatic rings. The first-order chi connectivity index (χ1) is 7.34. The molecule has 0 radical (unpaired) electrons. The van der Waals surface area contributed by atoms with Gasteiger partial charge in [0, 0.05) is 25.0 Å². The van der Waals surface area contributed by atoms with Crippen LogP contribution < -0.4 is 11.1 Å². The second-order valence-corrected chi connectivity index (χ2v) is 4.61. The van der Waals surface area contributed by atoms with Gasteiger partial charge in [-0.2, -0.15) is 0 Å². The number of rotatable bonds is 1. The molecule has 3 rings (SSSR count). The van der Waals surface area contributed by atoms with Crippen molar-refractivity contribution >= 4 is 5.95 Å². The van der Waals surface area contributed by atoms with E-state index < -0.39 is 0 Å². The third-order valence-corrected chi connectivity index (χ3v) is 3.44. The summed E-state index contributed by atoms with van der Waals surface area (Å²) in [5.41, 5.74) is 5.94. The van der Waals surface area contributed by atoms with Crippen molar-refractivity contribution in [3.8, 4) is 0 Å². The molecule has 0 spiro atoms. The fourth-order valence-corrected chi connectivity index (χ4v) is 2.63. The van der Waals surface area contributed by atoms with E-state index in [1.165, 1.54) is 25.7 Å². The van der Waals surface area contributed by atoms with Crippen LogP contribution >= 0.6 is 0 Å². The van der Waals surface area contributed by atoms with Gasteiger partial charge in [-0.1, -0.05) is 12.8 Å². The van der Waals surface area contributed by atoms with E-state index in [1.54, 1.807) is 0 Å². The lowest BCUT2D eigenvalue weighted by Crippen LogP contribution is -2.39. The van der Waals surface area contributed by atoms with Crippen LogP contribution in [-0.2, 0) is 6.54 Å². The zero-order chi connectivity index (χ0) is 10.3. The van der Waals surface area contributed by atoms with Crippen LogP contribution in [0.15, 0.2) is 0 Å². The van der Waals surface area contributed by atoms with Crippen LogP contribution in [0, 0.1) is 0 Å². The third kappa shape index (κ3) is 1.51. The Bertz CT molecular complexity index is 353. The van der Waals surface area contributed by atoms with Crippen LogP contribution in [0.1, 0.15) is 37.4 Å². The normalized spacial score (nSPS) is 26.3. The molecule has 0 bridgehead atoms. The maximum Gasteiger partial charge on any atom is 0.224 e. The highest BCUT2D eigenvalue weighted by atomic mass is 15.4. The molecule has 3 N–H and O–H groups in total. The highest BCUT2D eigenvalue weighted by Gasteiger charge is 2.27. The van der Waals surface area contributed by atoms with Crippen molar-refractivity contribution in [3.05, 3.63) is 5.82 Å². The Labute approximate surface area is 89.1 Å².